The summed E-state index contributed by atoms with van der Waals surface area (Å²) in [6, 6.07) is 66.1. The topological polar surface area (TPSA) is 30.7 Å². The highest BCUT2D eigenvalue weighted by Crippen LogP contribution is 2.38. The number of nitrogens with zero attached hydrogens (tertiary/aromatic N) is 3. The van der Waals surface area contributed by atoms with E-state index in [0.717, 1.165) is 55.6 Å². The van der Waals surface area contributed by atoms with Gasteiger partial charge in [0.1, 0.15) is 5.65 Å². The summed E-state index contributed by atoms with van der Waals surface area (Å²) < 4.78 is 2.26. The highest BCUT2D eigenvalue weighted by atomic mass is 15.1. The Morgan fingerprint density at radius 1 is 0.347 bits per heavy atom. The van der Waals surface area contributed by atoms with Gasteiger partial charge >= 0.3 is 0 Å². The van der Waals surface area contributed by atoms with Crippen LogP contribution in [0.5, 0.6) is 0 Å². The minimum absolute atomic E-state index is 0.697. The van der Waals surface area contributed by atoms with E-state index in [0.29, 0.717) is 5.82 Å². The van der Waals surface area contributed by atoms with Gasteiger partial charge in [0.25, 0.3) is 0 Å². The van der Waals surface area contributed by atoms with Gasteiger partial charge < -0.3 is 0 Å². The van der Waals surface area contributed by atoms with Crippen LogP contribution in [0.25, 0.3) is 83.6 Å². The number of rotatable bonds is 6. The number of para-hydroxylation sites is 2. The van der Waals surface area contributed by atoms with E-state index in [-0.39, 0.29) is 0 Å². The maximum atomic E-state index is 5.32. The van der Waals surface area contributed by atoms with Crippen molar-refractivity contribution in [2.75, 3.05) is 0 Å². The first kappa shape index (κ1) is 28.6. The molecule has 0 saturated carbocycles. The third-order valence-electron chi connectivity index (χ3n) is 9.22. The zero-order chi connectivity index (χ0) is 32.6. The minimum atomic E-state index is 0.697. The summed E-state index contributed by atoms with van der Waals surface area (Å²) in [4.78, 5) is 10.6. The molecule has 2 aromatic heterocycles. The van der Waals surface area contributed by atoms with Crippen LogP contribution in [0.15, 0.2) is 188 Å². The Kier molecular flexibility index (Phi) is 7.14. The largest absolute Gasteiger partial charge is 0.294 e. The number of aromatic nitrogens is 3. The van der Waals surface area contributed by atoms with Gasteiger partial charge in [-0.05, 0) is 63.7 Å². The molecule has 2 heterocycles. The molecule has 3 nitrogen and oxygen atoms in total. The third-order valence-corrected chi connectivity index (χ3v) is 9.22. The molecule has 49 heavy (non-hydrogen) atoms. The van der Waals surface area contributed by atoms with Gasteiger partial charge in [0.2, 0.25) is 0 Å². The lowest BCUT2D eigenvalue weighted by molar-refractivity contribution is 1.11. The molecule has 0 aliphatic heterocycles. The second-order valence-electron chi connectivity index (χ2n) is 12.3. The monoisotopic (exact) mass is 625 g/mol. The minimum Gasteiger partial charge on any atom is -0.294 e. The highest BCUT2D eigenvalue weighted by molar-refractivity contribution is 6.14. The van der Waals surface area contributed by atoms with E-state index in [9.17, 15) is 0 Å². The second-order valence-corrected chi connectivity index (χ2v) is 12.3. The summed E-state index contributed by atoms with van der Waals surface area (Å²) in [5, 5.41) is 2.19. The molecule has 0 fully saturated rings. The van der Waals surface area contributed by atoms with E-state index < -0.39 is 0 Å². The first-order valence-electron chi connectivity index (χ1n) is 16.6. The Hall–Kier alpha value is -6.58. The molecule has 9 rings (SSSR count). The summed E-state index contributed by atoms with van der Waals surface area (Å²) in [6.07, 6.45) is 0. The van der Waals surface area contributed by atoms with Crippen molar-refractivity contribution in [3.8, 4) is 61.7 Å². The fourth-order valence-corrected chi connectivity index (χ4v) is 6.83. The summed E-state index contributed by atoms with van der Waals surface area (Å²) in [7, 11) is 0. The van der Waals surface area contributed by atoms with Crippen molar-refractivity contribution in [3.05, 3.63) is 188 Å². The van der Waals surface area contributed by atoms with E-state index in [1.807, 2.05) is 12.1 Å². The standard InChI is InChI=1S/C46H31N3/c1-4-14-32(15-5-1)36-18-12-19-37(30-36)33-26-28-34(29-27-33)38-20-13-21-39(31-38)45-47-44(35-16-6-2-7-17-35)43-41-24-10-11-25-42(41)49(46(43)48-45)40-22-8-3-9-23-40/h1-31H. The molecular weight excluding hydrogens is 595 g/mol. The first-order chi connectivity index (χ1) is 24.3. The Labute approximate surface area is 285 Å². The maximum Gasteiger partial charge on any atom is 0.162 e. The number of benzene rings is 7. The molecule has 0 amide bonds. The van der Waals surface area contributed by atoms with Crippen LogP contribution in [0.4, 0.5) is 0 Å². The van der Waals surface area contributed by atoms with Gasteiger partial charge in [-0.3, -0.25) is 4.57 Å². The van der Waals surface area contributed by atoms with Gasteiger partial charge in [-0.2, -0.15) is 0 Å². The van der Waals surface area contributed by atoms with Gasteiger partial charge in [0, 0.05) is 22.2 Å². The fourth-order valence-electron chi connectivity index (χ4n) is 6.83. The molecule has 9 aromatic rings. The Bertz CT molecular complexity index is 2570. The lowest BCUT2D eigenvalue weighted by Crippen LogP contribution is -1.99. The average Bonchev–Trinajstić information content (AvgIpc) is 3.53. The van der Waals surface area contributed by atoms with E-state index >= 15 is 0 Å². The van der Waals surface area contributed by atoms with Crippen molar-refractivity contribution in [1.82, 2.24) is 14.5 Å². The summed E-state index contributed by atoms with van der Waals surface area (Å²) in [5.41, 5.74) is 13.1. The maximum absolute atomic E-state index is 5.32. The van der Waals surface area contributed by atoms with Crippen molar-refractivity contribution in [3.63, 3.8) is 0 Å². The van der Waals surface area contributed by atoms with Crippen molar-refractivity contribution >= 4 is 21.9 Å². The number of fused-ring (bicyclic) bond motifs is 3. The molecule has 0 atom stereocenters. The summed E-state index contributed by atoms with van der Waals surface area (Å²) >= 11 is 0. The molecule has 0 radical (unpaired) electrons. The Balaban J connectivity index is 1.16. The predicted molar refractivity (Wildman–Crippen MR) is 204 cm³/mol. The van der Waals surface area contributed by atoms with Gasteiger partial charge in [-0.1, -0.05) is 158 Å². The van der Waals surface area contributed by atoms with Crippen molar-refractivity contribution < 1.29 is 0 Å². The number of hydrogen-bond donors (Lipinski definition) is 0. The summed E-state index contributed by atoms with van der Waals surface area (Å²) in [6.45, 7) is 0. The molecule has 0 saturated heterocycles. The zero-order valence-electron chi connectivity index (χ0n) is 26.7. The molecule has 7 aromatic carbocycles. The van der Waals surface area contributed by atoms with Crippen LogP contribution in [0.2, 0.25) is 0 Å². The average molecular weight is 626 g/mol. The molecule has 0 spiro atoms. The molecule has 230 valence electrons. The number of hydrogen-bond acceptors (Lipinski definition) is 2. The van der Waals surface area contributed by atoms with Gasteiger partial charge in [0.15, 0.2) is 5.82 Å². The van der Waals surface area contributed by atoms with Gasteiger partial charge in [-0.15, -0.1) is 0 Å². The summed E-state index contributed by atoms with van der Waals surface area (Å²) in [5.74, 6) is 0.697. The molecule has 0 aliphatic rings. The van der Waals surface area contributed by atoms with Crippen LogP contribution in [-0.4, -0.2) is 14.5 Å². The molecule has 0 aliphatic carbocycles. The van der Waals surface area contributed by atoms with Crippen molar-refractivity contribution in [2.45, 2.75) is 0 Å². The van der Waals surface area contributed by atoms with E-state index in [4.69, 9.17) is 9.97 Å². The Morgan fingerprint density at radius 3 is 1.45 bits per heavy atom. The van der Waals surface area contributed by atoms with Crippen molar-refractivity contribution in [2.24, 2.45) is 0 Å². The Morgan fingerprint density at radius 2 is 0.816 bits per heavy atom. The van der Waals surface area contributed by atoms with E-state index in [2.05, 4.69) is 180 Å². The highest BCUT2D eigenvalue weighted by Gasteiger charge is 2.20. The molecule has 3 heteroatoms. The SMILES string of the molecule is c1ccc(-c2cccc(-c3ccc(-c4cccc(-c5nc(-c6ccccc6)c6c7ccccc7n(-c7ccccc7)c6n5)c4)cc3)c2)cc1. The lowest BCUT2D eigenvalue weighted by atomic mass is 9.96. The normalized spacial score (nSPS) is 11.3. The van der Waals surface area contributed by atoms with Crippen LogP contribution in [0.3, 0.4) is 0 Å². The predicted octanol–water partition coefficient (Wildman–Crippen LogP) is 11.9. The van der Waals surface area contributed by atoms with E-state index in [1.54, 1.807) is 0 Å². The molecule has 0 N–H and O–H groups in total. The van der Waals surface area contributed by atoms with Crippen molar-refractivity contribution in [1.29, 1.82) is 0 Å². The van der Waals surface area contributed by atoms with Crippen LogP contribution in [-0.2, 0) is 0 Å². The first-order valence-corrected chi connectivity index (χ1v) is 16.6. The fraction of sp³-hybridized carbons (Fsp3) is 0. The third kappa shape index (κ3) is 5.28. The van der Waals surface area contributed by atoms with Gasteiger partial charge in [-0.25, -0.2) is 9.97 Å². The van der Waals surface area contributed by atoms with Crippen LogP contribution < -0.4 is 0 Å². The lowest BCUT2D eigenvalue weighted by Gasteiger charge is -2.11. The van der Waals surface area contributed by atoms with Crippen LogP contribution in [0, 0.1) is 0 Å². The zero-order valence-corrected chi connectivity index (χ0v) is 26.7. The molecular formula is C46H31N3. The van der Waals surface area contributed by atoms with Crippen LogP contribution >= 0.6 is 0 Å². The molecule has 0 bridgehead atoms. The quantitative estimate of drug-likeness (QED) is 0.184. The second kappa shape index (κ2) is 12.2. The smallest absolute Gasteiger partial charge is 0.162 e. The van der Waals surface area contributed by atoms with Crippen LogP contribution in [0.1, 0.15) is 0 Å². The molecule has 0 unspecified atom stereocenters. The van der Waals surface area contributed by atoms with Gasteiger partial charge in [0.05, 0.1) is 16.6 Å². The van der Waals surface area contributed by atoms with E-state index in [1.165, 1.54) is 22.3 Å².